The Bertz CT molecular complexity index is 598. The van der Waals surface area contributed by atoms with Gasteiger partial charge in [0.15, 0.2) is 15.6 Å². The van der Waals surface area contributed by atoms with Crippen LogP contribution in [-0.2, 0) is 14.6 Å². The van der Waals surface area contributed by atoms with Gasteiger partial charge in [-0.1, -0.05) is 17.7 Å². The zero-order valence-corrected chi connectivity index (χ0v) is 12.7. The molecule has 0 bridgehead atoms. The molecule has 0 radical (unpaired) electrons. The zero-order chi connectivity index (χ0) is 14.8. The molecule has 1 heterocycles. The number of carbonyl (C=O) groups excluding carboxylic acids is 1. The molecule has 1 atom stereocenters. The van der Waals surface area contributed by atoms with Crippen LogP contribution in [0.4, 0.5) is 0 Å². The first-order valence-electron chi connectivity index (χ1n) is 6.80. The van der Waals surface area contributed by atoms with E-state index in [0.29, 0.717) is 12.2 Å². The minimum Gasteiger partial charge on any atom is -0.377 e. The van der Waals surface area contributed by atoms with Crippen molar-refractivity contribution in [2.75, 3.05) is 18.1 Å². The van der Waals surface area contributed by atoms with E-state index in [-0.39, 0.29) is 17.6 Å². The summed E-state index contributed by atoms with van der Waals surface area (Å²) in [4.78, 5) is 12.2. The second-order valence-electron chi connectivity index (χ2n) is 5.43. The second kappa shape index (κ2) is 6.06. The first-order valence-corrected chi connectivity index (χ1v) is 8.62. The van der Waals surface area contributed by atoms with Crippen molar-refractivity contribution in [1.82, 2.24) is 0 Å². The summed E-state index contributed by atoms with van der Waals surface area (Å²) in [5.74, 6) is -0.815. The van der Waals surface area contributed by atoms with Crippen LogP contribution in [0.3, 0.4) is 0 Å². The highest BCUT2D eigenvalue weighted by Gasteiger charge is 2.26. The summed E-state index contributed by atoms with van der Waals surface area (Å²) in [6.45, 7) is 4.32. The van der Waals surface area contributed by atoms with Gasteiger partial charge in [0, 0.05) is 12.2 Å². The Hall–Kier alpha value is -1.20. The average molecular weight is 296 g/mol. The molecule has 110 valence electrons. The fraction of sp³-hybridized carbons (Fsp3) is 0.533. The highest BCUT2D eigenvalue weighted by atomic mass is 32.2. The molecule has 5 heteroatoms. The number of hydrogen-bond acceptors (Lipinski definition) is 4. The van der Waals surface area contributed by atoms with E-state index in [1.165, 1.54) is 0 Å². The van der Waals surface area contributed by atoms with Gasteiger partial charge in [0.25, 0.3) is 0 Å². The van der Waals surface area contributed by atoms with Gasteiger partial charge in [0.2, 0.25) is 0 Å². The van der Waals surface area contributed by atoms with Gasteiger partial charge in [-0.25, -0.2) is 8.42 Å². The third kappa shape index (κ3) is 3.90. The number of hydrogen-bond donors (Lipinski definition) is 0. The SMILES string of the molecule is Cc1ccc(C)c(C(=O)CS(=O)(=O)CC2CCCO2)c1. The van der Waals surface area contributed by atoms with Gasteiger partial charge in [0.05, 0.1) is 11.9 Å². The molecule has 1 aromatic rings. The molecule has 0 spiro atoms. The lowest BCUT2D eigenvalue weighted by Gasteiger charge is -2.11. The maximum Gasteiger partial charge on any atom is 0.178 e. The molecule has 1 aromatic carbocycles. The van der Waals surface area contributed by atoms with Crippen molar-refractivity contribution >= 4 is 15.6 Å². The van der Waals surface area contributed by atoms with E-state index in [1.807, 2.05) is 26.0 Å². The topological polar surface area (TPSA) is 60.4 Å². The molecule has 0 saturated carbocycles. The summed E-state index contributed by atoms with van der Waals surface area (Å²) in [5.41, 5.74) is 2.27. The fourth-order valence-corrected chi connectivity index (χ4v) is 3.93. The molecule has 0 N–H and O–H groups in total. The maximum absolute atomic E-state index is 12.2. The van der Waals surface area contributed by atoms with Crippen LogP contribution >= 0.6 is 0 Å². The quantitative estimate of drug-likeness (QED) is 0.781. The van der Waals surface area contributed by atoms with E-state index in [1.54, 1.807) is 6.07 Å². The van der Waals surface area contributed by atoms with Crippen molar-refractivity contribution < 1.29 is 17.9 Å². The van der Waals surface area contributed by atoms with Gasteiger partial charge in [-0.3, -0.25) is 4.79 Å². The lowest BCUT2D eigenvalue weighted by molar-refractivity contribution is 0.101. The number of ether oxygens (including phenoxy) is 1. The van der Waals surface area contributed by atoms with Gasteiger partial charge >= 0.3 is 0 Å². The van der Waals surface area contributed by atoms with Crippen molar-refractivity contribution in [3.05, 3.63) is 34.9 Å². The van der Waals surface area contributed by atoms with Gasteiger partial charge in [-0.15, -0.1) is 0 Å². The Morgan fingerprint density at radius 1 is 1.35 bits per heavy atom. The van der Waals surface area contributed by atoms with Crippen molar-refractivity contribution in [2.45, 2.75) is 32.8 Å². The van der Waals surface area contributed by atoms with Crippen molar-refractivity contribution in [2.24, 2.45) is 0 Å². The van der Waals surface area contributed by atoms with Gasteiger partial charge in [-0.05, 0) is 38.3 Å². The van der Waals surface area contributed by atoms with Crippen molar-refractivity contribution in [3.8, 4) is 0 Å². The Kier molecular flexibility index (Phi) is 4.60. The van der Waals surface area contributed by atoms with E-state index in [9.17, 15) is 13.2 Å². The molecule has 1 fully saturated rings. The molecule has 0 amide bonds. The predicted molar refractivity (Wildman–Crippen MR) is 77.9 cm³/mol. The summed E-state index contributed by atoms with van der Waals surface area (Å²) in [5, 5.41) is 0. The summed E-state index contributed by atoms with van der Waals surface area (Å²) in [7, 11) is -3.42. The molecule has 0 aliphatic carbocycles. The molecule has 1 saturated heterocycles. The Labute approximate surface area is 120 Å². The van der Waals surface area contributed by atoms with Crippen LogP contribution in [-0.4, -0.2) is 38.4 Å². The third-order valence-corrected chi connectivity index (χ3v) is 5.09. The van der Waals surface area contributed by atoms with Crippen LogP contribution in [0.1, 0.15) is 34.3 Å². The Morgan fingerprint density at radius 3 is 2.75 bits per heavy atom. The van der Waals surface area contributed by atoms with E-state index >= 15 is 0 Å². The van der Waals surface area contributed by atoms with Gasteiger partial charge in [-0.2, -0.15) is 0 Å². The van der Waals surface area contributed by atoms with E-state index < -0.39 is 15.6 Å². The molecule has 1 unspecified atom stereocenters. The molecule has 0 aromatic heterocycles. The smallest absolute Gasteiger partial charge is 0.178 e. The zero-order valence-electron chi connectivity index (χ0n) is 11.9. The highest BCUT2D eigenvalue weighted by Crippen LogP contribution is 2.16. The van der Waals surface area contributed by atoms with E-state index in [2.05, 4.69) is 0 Å². The monoisotopic (exact) mass is 296 g/mol. The Morgan fingerprint density at radius 2 is 2.10 bits per heavy atom. The predicted octanol–water partition coefficient (Wildman–Crippen LogP) is 2.08. The van der Waals surface area contributed by atoms with Crippen molar-refractivity contribution in [3.63, 3.8) is 0 Å². The minimum absolute atomic E-state index is 0.0520. The number of aryl methyl sites for hydroxylation is 2. The number of rotatable bonds is 5. The van der Waals surface area contributed by atoms with E-state index in [0.717, 1.165) is 24.0 Å². The Balaban J connectivity index is 2.08. The van der Waals surface area contributed by atoms with Crippen LogP contribution < -0.4 is 0 Å². The fourth-order valence-electron chi connectivity index (χ4n) is 2.43. The van der Waals surface area contributed by atoms with Crippen LogP contribution in [0.25, 0.3) is 0 Å². The molecule has 1 aliphatic rings. The number of Topliss-reactive ketones (excluding diaryl/α,β-unsaturated/α-hetero) is 1. The number of carbonyl (C=O) groups is 1. The standard InChI is InChI=1S/C15H20O4S/c1-11-5-6-12(2)14(8-11)15(16)10-20(17,18)9-13-4-3-7-19-13/h5-6,8,13H,3-4,7,9-10H2,1-2H3. The summed E-state index contributed by atoms with van der Waals surface area (Å²) < 4.78 is 29.5. The highest BCUT2D eigenvalue weighted by molar-refractivity contribution is 7.92. The molecule has 2 rings (SSSR count). The summed E-state index contributed by atoms with van der Waals surface area (Å²) in [6, 6.07) is 5.50. The first kappa shape index (κ1) is 15.2. The maximum atomic E-state index is 12.2. The van der Waals surface area contributed by atoms with Crippen LogP contribution in [0.15, 0.2) is 18.2 Å². The van der Waals surface area contributed by atoms with Crippen molar-refractivity contribution in [1.29, 1.82) is 0 Å². The van der Waals surface area contributed by atoms with E-state index in [4.69, 9.17) is 4.74 Å². The average Bonchev–Trinajstić information content (AvgIpc) is 2.83. The van der Waals surface area contributed by atoms with Crippen LogP contribution in [0.2, 0.25) is 0 Å². The molecule has 1 aliphatic heterocycles. The summed E-state index contributed by atoms with van der Waals surface area (Å²) in [6.07, 6.45) is 1.41. The number of sulfone groups is 1. The lowest BCUT2D eigenvalue weighted by Crippen LogP contribution is -2.26. The van der Waals surface area contributed by atoms with Crippen LogP contribution in [0.5, 0.6) is 0 Å². The molecular formula is C15H20O4S. The third-order valence-electron chi connectivity index (χ3n) is 3.51. The second-order valence-corrected chi connectivity index (χ2v) is 7.54. The molecule has 20 heavy (non-hydrogen) atoms. The molecular weight excluding hydrogens is 276 g/mol. The lowest BCUT2D eigenvalue weighted by atomic mass is 10.0. The normalized spacial score (nSPS) is 19.2. The molecule has 4 nitrogen and oxygen atoms in total. The van der Waals surface area contributed by atoms with Crippen LogP contribution in [0, 0.1) is 13.8 Å². The minimum atomic E-state index is -3.42. The first-order chi connectivity index (χ1) is 9.37. The van der Waals surface area contributed by atoms with Gasteiger partial charge in [0.1, 0.15) is 5.75 Å². The largest absolute Gasteiger partial charge is 0.377 e. The van der Waals surface area contributed by atoms with Gasteiger partial charge < -0.3 is 4.74 Å². The number of benzene rings is 1. The summed E-state index contributed by atoms with van der Waals surface area (Å²) >= 11 is 0. The number of ketones is 1.